The van der Waals surface area contributed by atoms with Crippen LogP contribution in [0.1, 0.15) is 12.8 Å². The number of rotatable bonds is 3. The molecule has 0 aliphatic carbocycles. The Hall–Kier alpha value is -0.485. The highest BCUT2D eigenvalue weighted by Gasteiger charge is 2.42. The molecular weight excluding hydrogens is 228 g/mol. The van der Waals surface area contributed by atoms with E-state index in [0.717, 1.165) is 39.0 Å². The average Bonchev–Trinajstić information content (AvgIpc) is 2.74. The maximum absolute atomic E-state index is 12.5. The molecule has 1 spiro atoms. The number of halogens is 3. The zero-order valence-corrected chi connectivity index (χ0v) is 10.3. The highest BCUT2D eigenvalue weighted by molar-refractivity contribution is 6.66. The highest BCUT2D eigenvalue weighted by atomic mass is 19.4. The van der Waals surface area contributed by atoms with Crippen molar-refractivity contribution in [1.82, 2.24) is 9.80 Å². The van der Waals surface area contributed by atoms with Crippen LogP contribution in [-0.4, -0.2) is 56.5 Å². The van der Waals surface area contributed by atoms with Gasteiger partial charge in [-0.2, -0.15) is 0 Å². The molecule has 2 aliphatic rings. The second-order valence-corrected chi connectivity index (χ2v) is 5.68. The second kappa shape index (κ2) is 4.32. The molecule has 17 heavy (non-hydrogen) atoms. The van der Waals surface area contributed by atoms with Crippen molar-refractivity contribution in [2.75, 3.05) is 39.8 Å². The summed E-state index contributed by atoms with van der Waals surface area (Å²) in [6.45, 7) is 1.95. The van der Waals surface area contributed by atoms with E-state index < -0.39 is 12.4 Å². The zero-order chi connectivity index (χ0) is 12.7. The van der Waals surface area contributed by atoms with Gasteiger partial charge in [0.25, 0.3) is 0 Å². The molecule has 6 heteroatoms. The molecule has 0 aromatic carbocycles. The minimum atomic E-state index is -4.87. The third-order valence-electron chi connectivity index (χ3n) is 4.04. The summed E-state index contributed by atoms with van der Waals surface area (Å²) >= 11 is 0. The summed E-state index contributed by atoms with van der Waals surface area (Å²) in [6, 6.07) is 0. The normalized spacial score (nSPS) is 31.5. The molecule has 2 fully saturated rings. The zero-order valence-electron chi connectivity index (χ0n) is 10.3. The fraction of sp³-hybridized carbons (Fsp3) is 0.818. The molecule has 2 saturated heterocycles. The van der Waals surface area contributed by atoms with Gasteiger partial charge >= 0.3 is 6.98 Å². The standard InChI is InChI=1S/C11H19BF3N2/c1-10(12(13,14)15)7-17-6-4-11(9-17)3-5-16(2)8-11/h1,3-9H2,2H3/q-1. The lowest BCUT2D eigenvalue weighted by Crippen LogP contribution is -2.34. The van der Waals surface area contributed by atoms with Crippen molar-refractivity contribution >= 4 is 6.98 Å². The van der Waals surface area contributed by atoms with Crippen LogP contribution >= 0.6 is 0 Å². The SMILES string of the molecule is C=C(CN1CCC2(CCN(C)C2)C1)[B-](F)(F)F. The molecule has 0 saturated carbocycles. The first-order chi connectivity index (χ1) is 7.81. The van der Waals surface area contributed by atoms with Crippen molar-refractivity contribution in [2.45, 2.75) is 12.8 Å². The molecule has 0 amide bonds. The fourth-order valence-corrected chi connectivity index (χ4v) is 3.05. The Morgan fingerprint density at radius 3 is 2.41 bits per heavy atom. The lowest BCUT2D eigenvalue weighted by Gasteiger charge is -2.27. The van der Waals surface area contributed by atoms with Gasteiger partial charge in [-0.25, -0.2) is 0 Å². The third-order valence-corrected chi connectivity index (χ3v) is 4.04. The first-order valence-electron chi connectivity index (χ1n) is 6.09. The Bertz CT molecular complexity index is 318. The molecule has 1 atom stereocenters. The van der Waals surface area contributed by atoms with Crippen molar-refractivity contribution in [3.8, 4) is 0 Å². The van der Waals surface area contributed by atoms with Crippen LogP contribution < -0.4 is 0 Å². The number of likely N-dealkylation sites (tertiary alicyclic amines) is 2. The monoisotopic (exact) mass is 247 g/mol. The van der Waals surface area contributed by atoms with Gasteiger partial charge in [-0.1, -0.05) is 0 Å². The van der Waals surface area contributed by atoms with E-state index in [4.69, 9.17) is 0 Å². The lowest BCUT2D eigenvalue weighted by atomic mass is 9.80. The highest BCUT2D eigenvalue weighted by Crippen LogP contribution is 2.39. The molecule has 1 unspecified atom stereocenters. The molecule has 0 bridgehead atoms. The minimum Gasteiger partial charge on any atom is -0.445 e. The first-order valence-corrected chi connectivity index (χ1v) is 6.09. The van der Waals surface area contributed by atoms with E-state index in [-0.39, 0.29) is 12.0 Å². The third kappa shape index (κ3) is 2.85. The van der Waals surface area contributed by atoms with Crippen LogP contribution in [0.15, 0.2) is 12.1 Å². The summed E-state index contributed by atoms with van der Waals surface area (Å²) in [5.41, 5.74) is -0.318. The smallest absolute Gasteiger partial charge is 0.445 e. The average molecular weight is 247 g/mol. The molecule has 98 valence electrons. The predicted octanol–water partition coefficient (Wildman–Crippen LogP) is 1.96. The maximum Gasteiger partial charge on any atom is 0.506 e. The number of hydrogen-bond acceptors (Lipinski definition) is 2. The van der Waals surface area contributed by atoms with Crippen LogP contribution in [0.4, 0.5) is 12.9 Å². The molecular formula is C11H19BF3N2-. The van der Waals surface area contributed by atoms with Crippen LogP contribution in [0, 0.1) is 5.41 Å². The Morgan fingerprint density at radius 1 is 1.24 bits per heavy atom. The van der Waals surface area contributed by atoms with Crippen molar-refractivity contribution in [3.05, 3.63) is 12.1 Å². The van der Waals surface area contributed by atoms with E-state index in [1.807, 2.05) is 4.90 Å². The van der Waals surface area contributed by atoms with Crippen molar-refractivity contribution < 1.29 is 12.9 Å². The fourth-order valence-electron chi connectivity index (χ4n) is 3.05. The predicted molar refractivity (Wildman–Crippen MR) is 63.8 cm³/mol. The summed E-state index contributed by atoms with van der Waals surface area (Å²) in [5.74, 6) is 0. The quantitative estimate of drug-likeness (QED) is 0.703. The van der Waals surface area contributed by atoms with Gasteiger partial charge in [0.05, 0.1) is 0 Å². The van der Waals surface area contributed by atoms with Gasteiger partial charge in [-0.3, -0.25) is 0 Å². The molecule has 0 aromatic heterocycles. The minimum absolute atomic E-state index is 0.00500. The van der Waals surface area contributed by atoms with Crippen LogP contribution in [0.2, 0.25) is 0 Å². The van der Waals surface area contributed by atoms with E-state index in [0.29, 0.717) is 0 Å². The van der Waals surface area contributed by atoms with Gasteiger partial charge in [0, 0.05) is 13.1 Å². The summed E-state index contributed by atoms with van der Waals surface area (Å²) < 4.78 is 37.4. The van der Waals surface area contributed by atoms with Crippen molar-refractivity contribution in [3.63, 3.8) is 0 Å². The van der Waals surface area contributed by atoms with Gasteiger partial charge in [0.15, 0.2) is 0 Å². The van der Waals surface area contributed by atoms with E-state index in [1.54, 1.807) is 0 Å². The topological polar surface area (TPSA) is 6.48 Å². The maximum atomic E-state index is 12.5. The number of nitrogens with zero attached hydrogens (tertiary/aromatic N) is 2. The Balaban J connectivity index is 1.89. The molecule has 2 aliphatic heterocycles. The molecule has 0 N–H and O–H groups in total. The second-order valence-electron chi connectivity index (χ2n) is 5.68. The van der Waals surface area contributed by atoms with E-state index in [2.05, 4.69) is 18.5 Å². The largest absolute Gasteiger partial charge is 0.506 e. The van der Waals surface area contributed by atoms with Crippen LogP contribution in [0.5, 0.6) is 0 Å². The Kier molecular flexibility index (Phi) is 3.29. The Morgan fingerprint density at radius 2 is 1.88 bits per heavy atom. The molecule has 0 aromatic rings. The summed E-state index contributed by atoms with van der Waals surface area (Å²) in [4.78, 5) is 4.18. The number of hydrogen-bond donors (Lipinski definition) is 0. The van der Waals surface area contributed by atoms with Gasteiger partial charge in [0.2, 0.25) is 0 Å². The molecule has 2 rings (SSSR count). The van der Waals surface area contributed by atoms with Crippen LogP contribution in [0.25, 0.3) is 0 Å². The van der Waals surface area contributed by atoms with E-state index in [1.165, 1.54) is 0 Å². The Labute approximate surface area is 101 Å². The van der Waals surface area contributed by atoms with Gasteiger partial charge < -0.3 is 22.7 Å². The van der Waals surface area contributed by atoms with Crippen molar-refractivity contribution in [2.24, 2.45) is 5.41 Å². The summed E-state index contributed by atoms with van der Waals surface area (Å²) in [5, 5.41) is 0. The molecule has 2 nitrogen and oxygen atoms in total. The van der Waals surface area contributed by atoms with E-state index >= 15 is 0 Å². The molecule has 2 heterocycles. The molecule has 0 radical (unpaired) electrons. The van der Waals surface area contributed by atoms with Crippen molar-refractivity contribution in [1.29, 1.82) is 0 Å². The van der Waals surface area contributed by atoms with Crippen LogP contribution in [0.3, 0.4) is 0 Å². The van der Waals surface area contributed by atoms with Gasteiger partial charge in [0.1, 0.15) is 0 Å². The van der Waals surface area contributed by atoms with E-state index in [9.17, 15) is 12.9 Å². The summed E-state index contributed by atoms with van der Waals surface area (Å²) in [6.07, 6.45) is 2.14. The lowest BCUT2D eigenvalue weighted by molar-refractivity contribution is 0.264. The summed E-state index contributed by atoms with van der Waals surface area (Å²) in [7, 11) is 2.08. The van der Waals surface area contributed by atoms with Crippen LogP contribution in [-0.2, 0) is 0 Å². The van der Waals surface area contributed by atoms with Gasteiger partial charge in [-0.15, -0.1) is 12.1 Å². The first kappa shape index (κ1) is 13.0. The van der Waals surface area contributed by atoms with Gasteiger partial charge in [-0.05, 0) is 44.9 Å².